The summed E-state index contributed by atoms with van der Waals surface area (Å²) in [4.78, 5) is 15.8. The summed E-state index contributed by atoms with van der Waals surface area (Å²) in [6.45, 7) is 4.22. The highest BCUT2D eigenvalue weighted by Crippen LogP contribution is 2.36. The van der Waals surface area contributed by atoms with E-state index >= 15 is 0 Å². The van der Waals surface area contributed by atoms with E-state index in [0.29, 0.717) is 47.3 Å². The number of benzene rings is 2. The van der Waals surface area contributed by atoms with Crippen LogP contribution in [-0.4, -0.2) is 40.0 Å². The van der Waals surface area contributed by atoms with Crippen molar-refractivity contribution >= 4 is 28.3 Å². The first kappa shape index (κ1) is 28.8. The van der Waals surface area contributed by atoms with Crippen molar-refractivity contribution in [3.05, 3.63) is 82.8 Å². The number of unbranched alkanes of at least 4 members (excludes halogenated alkanes) is 3. The molecule has 0 aliphatic heterocycles. The van der Waals surface area contributed by atoms with E-state index in [4.69, 9.17) is 21.6 Å². The Labute approximate surface area is 232 Å². The fourth-order valence-electron chi connectivity index (χ4n) is 4.54. The van der Waals surface area contributed by atoms with E-state index < -0.39 is 11.7 Å². The molecule has 0 radical (unpaired) electrons. The Hall–Kier alpha value is -3.23. The Morgan fingerprint density at radius 2 is 1.79 bits per heavy atom. The lowest BCUT2D eigenvalue weighted by Crippen LogP contribution is -2.21. The predicted octanol–water partition coefficient (Wildman–Crippen LogP) is 8.03. The van der Waals surface area contributed by atoms with Gasteiger partial charge in [0.2, 0.25) is 0 Å². The molecule has 0 spiro atoms. The van der Waals surface area contributed by atoms with Crippen LogP contribution in [0, 0.1) is 0 Å². The second-order valence-corrected chi connectivity index (χ2v) is 10.1. The van der Waals surface area contributed by atoms with Crippen LogP contribution in [0.25, 0.3) is 22.2 Å². The third-order valence-electron chi connectivity index (χ3n) is 6.58. The molecule has 5 nitrogen and oxygen atoms in total. The van der Waals surface area contributed by atoms with Crippen molar-refractivity contribution in [2.24, 2.45) is 0 Å². The van der Waals surface area contributed by atoms with Crippen molar-refractivity contribution in [2.75, 3.05) is 25.5 Å². The van der Waals surface area contributed by atoms with E-state index in [0.717, 1.165) is 30.0 Å². The summed E-state index contributed by atoms with van der Waals surface area (Å²) in [7, 11) is 2.03. The molecular formula is C30H33ClF3N5. The topological polar surface area (TPSA) is 53.9 Å². The van der Waals surface area contributed by atoms with Gasteiger partial charge in [0.1, 0.15) is 11.6 Å². The number of nitrogens with one attached hydrogen (secondary N) is 1. The number of pyridine rings is 1. The highest BCUT2D eigenvalue weighted by Gasteiger charge is 2.34. The number of nitrogens with zero attached hydrogens (tertiary/aromatic N) is 4. The number of hydrogen-bond acceptors (Lipinski definition) is 5. The molecule has 0 saturated heterocycles. The van der Waals surface area contributed by atoms with Gasteiger partial charge in [-0.25, -0.2) is 9.97 Å². The highest BCUT2D eigenvalue weighted by molar-refractivity contribution is 6.31. The molecule has 2 heterocycles. The third kappa shape index (κ3) is 7.67. The van der Waals surface area contributed by atoms with Gasteiger partial charge >= 0.3 is 6.18 Å². The van der Waals surface area contributed by atoms with Gasteiger partial charge in [-0.2, -0.15) is 13.2 Å². The number of anilines is 1. The number of aromatic nitrogens is 3. The fraction of sp³-hybridized carbons (Fsp3) is 0.367. The quantitative estimate of drug-likeness (QED) is 0.179. The molecule has 0 atom stereocenters. The summed E-state index contributed by atoms with van der Waals surface area (Å²) >= 11 is 6.32. The SMILES string of the molecule is CCCCCCN(C)Cc1nc(NCCc2ccccc2Cl)c2ccc(-c3ncccc3C(F)(F)F)cc2n1. The normalized spacial score (nSPS) is 11.9. The summed E-state index contributed by atoms with van der Waals surface area (Å²) in [5.41, 5.74) is 1.05. The largest absolute Gasteiger partial charge is 0.418 e. The maximum Gasteiger partial charge on any atom is 0.418 e. The molecule has 0 aliphatic rings. The van der Waals surface area contributed by atoms with Crippen LogP contribution in [0.4, 0.5) is 19.0 Å². The van der Waals surface area contributed by atoms with E-state index in [1.54, 1.807) is 18.2 Å². The molecule has 0 unspecified atom stereocenters. The Morgan fingerprint density at radius 3 is 2.56 bits per heavy atom. The maximum absolute atomic E-state index is 13.7. The first-order valence-electron chi connectivity index (χ1n) is 13.3. The van der Waals surface area contributed by atoms with Gasteiger partial charge in [-0.15, -0.1) is 0 Å². The summed E-state index contributed by atoms with van der Waals surface area (Å²) in [5, 5.41) is 4.85. The summed E-state index contributed by atoms with van der Waals surface area (Å²) < 4.78 is 41.1. The lowest BCUT2D eigenvalue weighted by Gasteiger charge is -2.18. The zero-order chi connectivity index (χ0) is 27.8. The van der Waals surface area contributed by atoms with Crippen LogP contribution in [0.1, 0.15) is 49.6 Å². The summed E-state index contributed by atoms with van der Waals surface area (Å²) in [5.74, 6) is 1.25. The Balaban J connectivity index is 1.65. The highest BCUT2D eigenvalue weighted by atomic mass is 35.5. The molecule has 0 fully saturated rings. The third-order valence-corrected chi connectivity index (χ3v) is 6.95. The van der Waals surface area contributed by atoms with Crippen molar-refractivity contribution in [2.45, 2.75) is 51.7 Å². The zero-order valence-electron chi connectivity index (χ0n) is 22.2. The van der Waals surface area contributed by atoms with Crippen LogP contribution in [-0.2, 0) is 19.1 Å². The monoisotopic (exact) mass is 555 g/mol. The molecule has 39 heavy (non-hydrogen) atoms. The van der Waals surface area contributed by atoms with Gasteiger partial charge in [0.25, 0.3) is 0 Å². The fourth-order valence-corrected chi connectivity index (χ4v) is 4.77. The Bertz CT molecular complexity index is 1390. The van der Waals surface area contributed by atoms with Crippen molar-refractivity contribution in [3.8, 4) is 11.3 Å². The average Bonchev–Trinajstić information content (AvgIpc) is 2.91. The lowest BCUT2D eigenvalue weighted by molar-refractivity contribution is -0.137. The minimum absolute atomic E-state index is 0.117. The molecule has 0 aliphatic carbocycles. The first-order chi connectivity index (χ1) is 18.8. The van der Waals surface area contributed by atoms with Gasteiger partial charge in [0.15, 0.2) is 0 Å². The minimum atomic E-state index is -4.51. The molecule has 4 rings (SSSR count). The summed E-state index contributed by atoms with van der Waals surface area (Å²) in [6.07, 6.45) is 2.19. The second kappa shape index (κ2) is 13.2. The molecule has 2 aromatic carbocycles. The van der Waals surface area contributed by atoms with Gasteiger partial charge < -0.3 is 5.32 Å². The van der Waals surface area contributed by atoms with E-state index in [-0.39, 0.29) is 5.69 Å². The Kier molecular flexibility index (Phi) is 9.75. The zero-order valence-corrected chi connectivity index (χ0v) is 23.0. The van der Waals surface area contributed by atoms with E-state index in [1.807, 2.05) is 31.3 Å². The minimum Gasteiger partial charge on any atom is -0.369 e. The molecule has 0 amide bonds. The van der Waals surface area contributed by atoms with E-state index in [1.165, 1.54) is 31.5 Å². The van der Waals surface area contributed by atoms with Crippen LogP contribution in [0.3, 0.4) is 0 Å². The molecule has 206 valence electrons. The number of hydrogen-bond donors (Lipinski definition) is 1. The van der Waals surface area contributed by atoms with Crippen molar-refractivity contribution < 1.29 is 13.2 Å². The maximum atomic E-state index is 13.7. The molecule has 9 heteroatoms. The number of fused-ring (bicyclic) bond motifs is 1. The van der Waals surface area contributed by atoms with E-state index in [2.05, 4.69) is 22.1 Å². The van der Waals surface area contributed by atoms with Gasteiger partial charge in [-0.3, -0.25) is 9.88 Å². The molecule has 4 aromatic rings. The standard InChI is InChI=1S/C30H33ClF3N5/c1-3-4-5-8-18-39(2)20-27-37-26-19-22(28-24(30(32,33)34)11-9-16-35-28)13-14-23(26)29(38-27)36-17-15-21-10-6-7-12-25(21)31/h6-7,9-14,16,19H,3-5,8,15,17-18,20H2,1-2H3,(H,36,37,38). The first-order valence-corrected chi connectivity index (χ1v) is 13.6. The molecule has 0 bridgehead atoms. The molecule has 1 N–H and O–H groups in total. The van der Waals surface area contributed by atoms with Crippen molar-refractivity contribution in [3.63, 3.8) is 0 Å². The Morgan fingerprint density at radius 1 is 0.974 bits per heavy atom. The van der Waals surface area contributed by atoms with Crippen molar-refractivity contribution in [1.29, 1.82) is 0 Å². The molecule has 0 saturated carbocycles. The summed E-state index contributed by atoms with van der Waals surface area (Å²) in [6, 6.07) is 15.1. The number of rotatable bonds is 12. The van der Waals surface area contributed by atoms with Gasteiger partial charge in [-0.05, 0) is 62.3 Å². The lowest BCUT2D eigenvalue weighted by atomic mass is 10.0. The van der Waals surface area contributed by atoms with Gasteiger partial charge in [-0.1, -0.05) is 62.1 Å². The molecule has 2 aromatic heterocycles. The number of alkyl halides is 3. The van der Waals surface area contributed by atoms with Gasteiger partial charge in [0, 0.05) is 28.7 Å². The van der Waals surface area contributed by atoms with Crippen LogP contribution in [0.15, 0.2) is 60.8 Å². The van der Waals surface area contributed by atoms with Crippen LogP contribution in [0.2, 0.25) is 5.02 Å². The van der Waals surface area contributed by atoms with Crippen molar-refractivity contribution in [1.82, 2.24) is 19.9 Å². The van der Waals surface area contributed by atoms with Crippen LogP contribution in [0.5, 0.6) is 0 Å². The van der Waals surface area contributed by atoms with E-state index in [9.17, 15) is 13.2 Å². The second-order valence-electron chi connectivity index (χ2n) is 9.68. The molecular weight excluding hydrogens is 523 g/mol. The average molecular weight is 556 g/mol. The smallest absolute Gasteiger partial charge is 0.369 e. The van der Waals surface area contributed by atoms with Crippen LogP contribution < -0.4 is 5.32 Å². The van der Waals surface area contributed by atoms with Crippen LogP contribution >= 0.6 is 11.6 Å². The predicted molar refractivity (Wildman–Crippen MR) is 152 cm³/mol. The van der Waals surface area contributed by atoms with Gasteiger partial charge in [0.05, 0.1) is 23.3 Å². The number of halogens is 4.